The first-order chi connectivity index (χ1) is 17.4. The van der Waals surface area contributed by atoms with E-state index in [2.05, 4.69) is 21.0 Å². The zero-order valence-electron chi connectivity index (χ0n) is 21.5. The van der Waals surface area contributed by atoms with E-state index in [9.17, 15) is 18.0 Å². The van der Waals surface area contributed by atoms with Crippen LogP contribution >= 0.6 is 23.5 Å². The van der Waals surface area contributed by atoms with Crippen LogP contribution in [0.1, 0.15) is 42.1 Å². The Hall–Kier alpha value is -2.63. The summed E-state index contributed by atoms with van der Waals surface area (Å²) in [6.07, 6.45) is -0.350. The van der Waals surface area contributed by atoms with Crippen LogP contribution < -0.4 is 15.8 Å². The van der Waals surface area contributed by atoms with Crippen LogP contribution in [0, 0.1) is 13.8 Å². The summed E-state index contributed by atoms with van der Waals surface area (Å²) >= 11 is 3.03. The van der Waals surface area contributed by atoms with Gasteiger partial charge in [0.05, 0.1) is 4.91 Å². The fourth-order valence-electron chi connectivity index (χ4n) is 3.82. The molecule has 0 fully saturated rings. The molecule has 0 atom stereocenters. The van der Waals surface area contributed by atoms with E-state index >= 15 is 0 Å². The summed E-state index contributed by atoms with van der Waals surface area (Å²) in [6, 6.07) is 4.94. The molecule has 1 aliphatic heterocycles. The largest absolute Gasteiger partial charge is 0.573 e. The number of benzene rings is 1. The summed E-state index contributed by atoms with van der Waals surface area (Å²) in [4.78, 5) is 21.6. The minimum atomic E-state index is -4.79. The van der Waals surface area contributed by atoms with Gasteiger partial charge in [-0.2, -0.15) is 0 Å². The molecule has 3 rings (SSSR count). The number of aryl methyl sites for hydroxylation is 1. The Morgan fingerprint density at radius 3 is 2.46 bits per heavy atom. The van der Waals surface area contributed by atoms with Crippen LogP contribution in [0.2, 0.25) is 0 Å². The number of nitrogens with two attached hydrogens (primary N) is 1. The number of anilines is 1. The van der Waals surface area contributed by atoms with Crippen LogP contribution in [0.5, 0.6) is 5.75 Å². The minimum absolute atomic E-state index is 0.266. The number of alkyl halides is 3. The van der Waals surface area contributed by atoms with Gasteiger partial charge in [0.2, 0.25) is 0 Å². The van der Waals surface area contributed by atoms with Crippen molar-refractivity contribution in [2.75, 3.05) is 25.2 Å². The molecular formula is C26H31F3N4O2S2. The molecule has 2 aromatic rings. The van der Waals surface area contributed by atoms with Crippen LogP contribution in [0.4, 0.5) is 18.9 Å². The van der Waals surface area contributed by atoms with Gasteiger partial charge in [0.1, 0.15) is 10.8 Å². The van der Waals surface area contributed by atoms with Gasteiger partial charge in [-0.15, -0.1) is 24.9 Å². The van der Waals surface area contributed by atoms with Crippen molar-refractivity contribution in [2.24, 2.45) is 5.73 Å². The molecule has 0 unspecified atom stereocenters. The molecule has 0 bridgehead atoms. The van der Waals surface area contributed by atoms with E-state index < -0.39 is 12.3 Å². The standard InChI is InChI=1S/C26H31F3N4O2S2/c1-15-22(21-8-6-7-13-36-21)20(14-33(4)5)17(3)31-25(15)37-23(16(2)30)24(34)32-18-9-11-19(12-10-18)35-26(27,28)29/h8-12H,6-7,13-14,30H2,1-5H3,(H,32,34)/b23-16+. The molecule has 0 spiro atoms. The van der Waals surface area contributed by atoms with Gasteiger partial charge >= 0.3 is 6.36 Å². The van der Waals surface area contributed by atoms with E-state index in [1.807, 2.05) is 39.7 Å². The molecule has 0 aliphatic carbocycles. The number of allylic oxidation sites excluding steroid dienone is 2. The fraction of sp³-hybridized carbons (Fsp3) is 0.385. The lowest BCUT2D eigenvalue weighted by molar-refractivity contribution is -0.274. The number of ether oxygens (including phenoxy) is 1. The van der Waals surface area contributed by atoms with Crippen LogP contribution in [0.15, 0.2) is 46.0 Å². The van der Waals surface area contributed by atoms with Gasteiger partial charge in [-0.05, 0) is 94.4 Å². The quantitative estimate of drug-likeness (QED) is 0.288. The third-order valence-electron chi connectivity index (χ3n) is 5.47. The molecule has 0 saturated carbocycles. The molecule has 200 valence electrons. The number of hydrogen-bond donors (Lipinski definition) is 2. The third-order valence-corrected chi connectivity index (χ3v) is 7.95. The van der Waals surface area contributed by atoms with Gasteiger partial charge in [-0.25, -0.2) is 4.98 Å². The van der Waals surface area contributed by atoms with Crippen molar-refractivity contribution in [3.8, 4) is 5.75 Å². The summed E-state index contributed by atoms with van der Waals surface area (Å²) in [5.74, 6) is 0.207. The number of thioether (sulfide) groups is 2. The average molecular weight is 553 g/mol. The van der Waals surface area contributed by atoms with E-state index in [0.29, 0.717) is 16.4 Å². The van der Waals surface area contributed by atoms with Crippen molar-refractivity contribution in [3.05, 3.63) is 63.3 Å². The predicted octanol–water partition coefficient (Wildman–Crippen LogP) is 6.45. The van der Waals surface area contributed by atoms with Gasteiger partial charge in [0.25, 0.3) is 5.91 Å². The molecule has 6 nitrogen and oxygen atoms in total. The summed E-state index contributed by atoms with van der Waals surface area (Å²) in [5.41, 5.74) is 10.9. The van der Waals surface area contributed by atoms with Crippen molar-refractivity contribution in [3.63, 3.8) is 0 Å². The molecular weight excluding hydrogens is 521 g/mol. The van der Waals surface area contributed by atoms with E-state index in [1.54, 1.807) is 6.92 Å². The van der Waals surface area contributed by atoms with E-state index in [1.165, 1.54) is 28.8 Å². The van der Waals surface area contributed by atoms with Crippen molar-refractivity contribution in [1.29, 1.82) is 0 Å². The number of nitrogens with one attached hydrogen (secondary N) is 1. The van der Waals surface area contributed by atoms with E-state index in [4.69, 9.17) is 10.7 Å². The molecule has 1 amide bonds. The molecule has 0 radical (unpaired) electrons. The van der Waals surface area contributed by atoms with Crippen LogP contribution in [0.25, 0.3) is 4.91 Å². The maximum Gasteiger partial charge on any atom is 0.573 e. The van der Waals surface area contributed by atoms with Gasteiger partial charge < -0.3 is 20.7 Å². The number of pyridine rings is 1. The Balaban J connectivity index is 1.90. The summed E-state index contributed by atoms with van der Waals surface area (Å²) in [5, 5.41) is 3.38. The van der Waals surface area contributed by atoms with Crippen molar-refractivity contribution in [1.82, 2.24) is 9.88 Å². The number of halogens is 3. The summed E-state index contributed by atoms with van der Waals surface area (Å²) in [6.45, 7) is 6.36. The number of carbonyl (C=O) groups excluding carboxylic acids is 1. The van der Waals surface area contributed by atoms with Crippen molar-refractivity contribution in [2.45, 2.75) is 51.5 Å². The Bertz CT molecular complexity index is 1210. The Labute approximate surface area is 223 Å². The number of hydrogen-bond acceptors (Lipinski definition) is 7. The molecule has 11 heteroatoms. The van der Waals surface area contributed by atoms with E-state index in [0.717, 1.165) is 59.7 Å². The van der Waals surface area contributed by atoms with Gasteiger partial charge in [-0.1, -0.05) is 17.8 Å². The van der Waals surface area contributed by atoms with Crippen LogP contribution in [-0.4, -0.2) is 42.0 Å². The van der Waals surface area contributed by atoms with Crippen molar-refractivity contribution < 1.29 is 22.7 Å². The van der Waals surface area contributed by atoms with Crippen molar-refractivity contribution >= 4 is 40.0 Å². The maximum absolute atomic E-state index is 13.1. The highest BCUT2D eigenvalue weighted by Gasteiger charge is 2.31. The molecule has 1 aliphatic rings. The number of rotatable bonds is 8. The second-order valence-corrected chi connectivity index (χ2v) is 11.1. The summed E-state index contributed by atoms with van der Waals surface area (Å²) in [7, 11) is 4.04. The number of nitrogens with zero attached hydrogens (tertiary/aromatic N) is 2. The second kappa shape index (κ2) is 12.3. The fourth-order valence-corrected chi connectivity index (χ4v) is 5.95. The Morgan fingerprint density at radius 2 is 1.92 bits per heavy atom. The van der Waals surface area contributed by atoms with Gasteiger partial charge in [0, 0.05) is 28.5 Å². The lowest BCUT2D eigenvalue weighted by Gasteiger charge is -2.24. The minimum Gasteiger partial charge on any atom is -0.406 e. The van der Waals surface area contributed by atoms with Gasteiger partial charge in [-0.3, -0.25) is 4.79 Å². The molecule has 1 aromatic carbocycles. The first kappa shape index (κ1) is 28.9. The van der Waals surface area contributed by atoms with Crippen LogP contribution in [-0.2, 0) is 11.3 Å². The predicted molar refractivity (Wildman–Crippen MR) is 145 cm³/mol. The molecule has 1 aromatic heterocycles. The Morgan fingerprint density at radius 1 is 1.24 bits per heavy atom. The average Bonchev–Trinajstić information content (AvgIpc) is 2.80. The SMILES string of the molecule is C/C(N)=C(\Sc1nc(C)c(CN(C)C)c(C2=CCCCS2)c1C)C(=O)Nc1ccc(OC(F)(F)F)cc1. The number of amides is 1. The highest BCUT2D eigenvalue weighted by Crippen LogP contribution is 2.41. The molecule has 0 saturated heterocycles. The first-order valence-electron chi connectivity index (χ1n) is 11.6. The zero-order chi connectivity index (χ0) is 27.3. The number of carbonyl (C=O) groups is 1. The monoisotopic (exact) mass is 552 g/mol. The second-order valence-electron chi connectivity index (χ2n) is 8.92. The lowest BCUT2D eigenvalue weighted by atomic mass is 10.00. The van der Waals surface area contributed by atoms with Crippen LogP contribution in [0.3, 0.4) is 0 Å². The highest BCUT2D eigenvalue weighted by molar-refractivity contribution is 8.08. The Kier molecular flexibility index (Phi) is 9.60. The normalized spacial score (nSPS) is 14.8. The first-order valence-corrected chi connectivity index (χ1v) is 13.5. The highest BCUT2D eigenvalue weighted by atomic mass is 32.2. The van der Waals surface area contributed by atoms with Gasteiger partial charge in [0.15, 0.2) is 0 Å². The molecule has 37 heavy (non-hydrogen) atoms. The number of aromatic nitrogens is 1. The topological polar surface area (TPSA) is 80.5 Å². The van der Waals surface area contributed by atoms with E-state index in [-0.39, 0.29) is 10.7 Å². The third kappa shape index (κ3) is 7.93. The lowest BCUT2D eigenvalue weighted by Crippen LogP contribution is -2.18. The summed E-state index contributed by atoms with van der Waals surface area (Å²) < 4.78 is 41.1. The molecule has 3 N–H and O–H groups in total. The molecule has 2 heterocycles. The maximum atomic E-state index is 13.1. The smallest absolute Gasteiger partial charge is 0.406 e. The zero-order valence-corrected chi connectivity index (χ0v) is 23.1.